The first-order chi connectivity index (χ1) is 7.50. The van der Waals surface area contributed by atoms with E-state index < -0.39 is 0 Å². The molecule has 1 N–H and O–H groups in total. The molecule has 88 valence electrons. The van der Waals surface area contributed by atoms with E-state index in [1.54, 1.807) is 0 Å². The van der Waals surface area contributed by atoms with Gasteiger partial charge in [-0.05, 0) is 29.9 Å². The Bertz CT molecular complexity index is 375. The van der Waals surface area contributed by atoms with E-state index in [0.29, 0.717) is 6.10 Å². The number of anilines is 1. The SMILES string of the molecule is CNc1cc(OC2CC2)ccc1C(C)(C)C. The molecule has 0 radical (unpaired) electrons. The zero-order valence-corrected chi connectivity index (χ0v) is 10.6. The summed E-state index contributed by atoms with van der Waals surface area (Å²) in [4.78, 5) is 0. The highest BCUT2D eigenvalue weighted by Crippen LogP contribution is 2.34. The van der Waals surface area contributed by atoms with Crippen LogP contribution in [0.1, 0.15) is 39.2 Å². The lowest BCUT2D eigenvalue weighted by Crippen LogP contribution is -2.14. The normalized spacial score (nSPS) is 16.0. The highest BCUT2D eigenvalue weighted by atomic mass is 16.5. The molecular weight excluding hydrogens is 198 g/mol. The van der Waals surface area contributed by atoms with Gasteiger partial charge in [-0.1, -0.05) is 26.8 Å². The third-order valence-electron chi connectivity index (χ3n) is 2.90. The maximum atomic E-state index is 5.80. The molecular formula is C14H21NO. The van der Waals surface area contributed by atoms with Gasteiger partial charge in [-0.25, -0.2) is 0 Å². The molecule has 1 fully saturated rings. The predicted molar refractivity (Wildman–Crippen MR) is 68.3 cm³/mol. The van der Waals surface area contributed by atoms with Crippen molar-refractivity contribution < 1.29 is 4.74 Å². The van der Waals surface area contributed by atoms with Gasteiger partial charge < -0.3 is 10.1 Å². The van der Waals surface area contributed by atoms with Crippen molar-refractivity contribution in [2.24, 2.45) is 0 Å². The van der Waals surface area contributed by atoms with Crippen molar-refractivity contribution in [3.8, 4) is 5.75 Å². The summed E-state index contributed by atoms with van der Waals surface area (Å²) in [5.74, 6) is 0.986. The van der Waals surface area contributed by atoms with E-state index in [9.17, 15) is 0 Å². The van der Waals surface area contributed by atoms with E-state index in [4.69, 9.17) is 4.74 Å². The maximum Gasteiger partial charge on any atom is 0.121 e. The second-order valence-electron chi connectivity index (χ2n) is 5.52. The zero-order chi connectivity index (χ0) is 11.8. The molecule has 16 heavy (non-hydrogen) atoms. The Morgan fingerprint density at radius 1 is 1.25 bits per heavy atom. The minimum absolute atomic E-state index is 0.163. The molecule has 0 saturated heterocycles. The molecule has 2 nitrogen and oxygen atoms in total. The molecule has 0 bridgehead atoms. The number of ether oxygens (including phenoxy) is 1. The van der Waals surface area contributed by atoms with E-state index in [1.807, 2.05) is 7.05 Å². The quantitative estimate of drug-likeness (QED) is 0.839. The fourth-order valence-corrected chi connectivity index (χ4v) is 1.84. The van der Waals surface area contributed by atoms with E-state index in [0.717, 1.165) is 5.75 Å². The van der Waals surface area contributed by atoms with E-state index in [-0.39, 0.29) is 5.41 Å². The summed E-state index contributed by atoms with van der Waals surface area (Å²) in [6.07, 6.45) is 2.87. The summed E-state index contributed by atoms with van der Waals surface area (Å²) in [6, 6.07) is 6.36. The van der Waals surface area contributed by atoms with Crippen LogP contribution in [0.2, 0.25) is 0 Å². The lowest BCUT2D eigenvalue weighted by Gasteiger charge is -2.23. The van der Waals surface area contributed by atoms with Gasteiger partial charge >= 0.3 is 0 Å². The molecule has 1 aromatic carbocycles. The molecule has 2 rings (SSSR count). The molecule has 1 saturated carbocycles. The number of hydrogen-bond acceptors (Lipinski definition) is 2. The van der Waals surface area contributed by atoms with E-state index >= 15 is 0 Å². The summed E-state index contributed by atoms with van der Waals surface area (Å²) < 4.78 is 5.80. The highest BCUT2D eigenvalue weighted by molar-refractivity contribution is 5.57. The Morgan fingerprint density at radius 3 is 2.44 bits per heavy atom. The van der Waals surface area contributed by atoms with Crippen LogP contribution < -0.4 is 10.1 Å². The Balaban J connectivity index is 2.26. The summed E-state index contributed by atoms with van der Waals surface area (Å²) in [5, 5.41) is 3.26. The van der Waals surface area contributed by atoms with Crippen LogP contribution in [-0.2, 0) is 5.41 Å². The zero-order valence-electron chi connectivity index (χ0n) is 10.6. The van der Waals surface area contributed by atoms with Crippen molar-refractivity contribution in [2.45, 2.75) is 45.1 Å². The van der Waals surface area contributed by atoms with Crippen molar-refractivity contribution in [1.29, 1.82) is 0 Å². The van der Waals surface area contributed by atoms with Crippen LogP contribution in [0.15, 0.2) is 18.2 Å². The molecule has 0 atom stereocenters. The number of benzene rings is 1. The van der Waals surface area contributed by atoms with Crippen LogP contribution in [0.3, 0.4) is 0 Å². The smallest absolute Gasteiger partial charge is 0.121 e. The van der Waals surface area contributed by atoms with Crippen LogP contribution >= 0.6 is 0 Å². The van der Waals surface area contributed by atoms with Gasteiger partial charge in [-0.2, -0.15) is 0 Å². The topological polar surface area (TPSA) is 21.3 Å². The molecule has 2 heteroatoms. The second-order valence-corrected chi connectivity index (χ2v) is 5.52. The van der Waals surface area contributed by atoms with Gasteiger partial charge in [0, 0.05) is 18.8 Å². The lowest BCUT2D eigenvalue weighted by molar-refractivity contribution is 0.303. The van der Waals surface area contributed by atoms with Gasteiger partial charge in [0.25, 0.3) is 0 Å². The summed E-state index contributed by atoms with van der Waals surface area (Å²) in [6.45, 7) is 6.68. The standard InChI is InChI=1S/C14H21NO/c1-14(2,3)12-8-7-11(9-13(12)15-4)16-10-5-6-10/h7-10,15H,5-6H2,1-4H3. The molecule has 0 heterocycles. The Morgan fingerprint density at radius 2 is 1.94 bits per heavy atom. The monoisotopic (exact) mass is 219 g/mol. The van der Waals surface area contributed by atoms with Crippen molar-refractivity contribution in [3.63, 3.8) is 0 Å². The van der Waals surface area contributed by atoms with Crippen molar-refractivity contribution in [1.82, 2.24) is 0 Å². The Kier molecular flexibility index (Phi) is 2.83. The van der Waals surface area contributed by atoms with Gasteiger partial charge in [0.1, 0.15) is 5.75 Å². The average Bonchev–Trinajstić information content (AvgIpc) is 3.00. The van der Waals surface area contributed by atoms with Crippen LogP contribution in [0.25, 0.3) is 0 Å². The van der Waals surface area contributed by atoms with Crippen LogP contribution in [0.5, 0.6) is 5.75 Å². The lowest BCUT2D eigenvalue weighted by atomic mass is 9.85. The Hall–Kier alpha value is -1.18. The Labute approximate surface area is 98.0 Å². The van der Waals surface area contributed by atoms with Gasteiger partial charge in [0.2, 0.25) is 0 Å². The molecule has 1 aromatic rings. The number of rotatable bonds is 3. The predicted octanol–water partition coefficient (Wildman–Crippen LogP) is 3.57. The van der Waals surface area contributed by atoms with Crippen molar-refractivity contribution >= 4 is 5.69 Å². The minimum Gasteiger partial charge on any atom is -0.490 e. The maximum absolute atomic E-state index is 5.80. The molecule has 1 aliphatic carbocycles. The molecule has 0 amide bonds. The molecule has 1 aliphatic rings. The van der Waals surface area contributed by atoms with Gasteiger partial charge in [0.15, 0.2) is 0 Å². The average molecular weight is 219 g/mol. The van der Waals surface area contributed by atoms with Crippen molar-refractivity contribution in [2.75, 3.05) is 12.4 Å². The van der Waals surface area contributed by atoms with E-state index in [1.165, 1.54) is 24.1 Å². The van der Waals surface area contributed by atoms with Gasteiger partial charge in [0.05, 0.1) is 6.10 Å². The van der Waals surface area contributed by atoms with E-state index in [2.05, 4.69) is 44.3 Å². The highest BCUT2D eigenvalue weighted by Gasteiger charge is 2.24. The molecule has 0 unspecified atom stereocenters. The summed E-state index contributed by atoms with van der Waals surface area (Å²) in [5.41, 5.74) is 2.67. The van der Waals surface area contributed by atoms with Gasteiger partial charge in [-0.15, -0.1) is 0 Å². The first-order valence-corrected chi connectivity index (χ1v) is 5.99. The van der Waals surface area contributed by atoms with Crippen LogP contribution in [-0.4, -0.2) is 13.2 Å². The second kappa shape index (κ2) is 4.00. The molecule has 0 aliphatic heterocycles. The summed E-state index contributed by atoms with van der Waals surface area (Å²) in [7, 11) is 1.96. The minimum atomic E-state index is 0.163. The summed E-state index contributed by atoms with van der Waals surface area (Å²) >= 11 is 0. The van der Waals surface area contributed by atoms with Gasteiger partial charge in [-0.3, -0.25) is 0 Å². The largest absolute Gasteiger partial charge is 0.490 e. The first-order valence-electron chi connectivity index (χ1n) is 5.99. The molecule has 0 spiro atoms. The van der Waals surface area contributed by atoms with Crippen molar-refractivity contribution in [3.05, 3.63) is 23.8 Å². The fraction of sp³-hybridized carbons (Fsp3) is 0.571. The fourth-order valence-electron chi connectivity index (χ4n) is 1.84. The third-order valence-corrected chi connectivity index (χ3v) is 2.90. The third kappa shape index (κ3) is 2.49. The van der Waals surface area contributed by atoms with Crippen LogP contribution in [0, 0.1) is 0 Å². The number of nitrogens with one attached hydrogen (secondary N) is 1. The molecule has 0 aromatic heterocycles. The first kappa shape index (κ1) is 11.3. The number of hydrogen-bond donors (Lipinski definition) is 1. The van der Waals surface area contributed by atoms with Crippen LogP contribution in [0.4, 0.5) is 5.69 Å².